The molecule has 0 aliphatic rings. The smallest absolute Gasteiger partial charge is 0.346 e. The van der Waals surface area contributed by atoms with E-state index in [1.54, 1.807) is 36.4 Å². The van der Waals surface area contributed by atoms with Crippen LogP contribution in [0.25, 0.3) is 10.8 Å². The summed E-state index contributed by atoms with van der Waals surface area (Å²) in [5.41, 5.74) is 1.04. The lowest BCUT2D eigenvalue weighted by Gasteiger charge is -2.19. The lowest BCUT2D eigenvalue weighted by molar-refractivity contribution is -0.118. The van der Waals surface area contributed by atoms with Crippen molar-refractivity contribution in [1.82, 2.24) is 5.32 Å². The highest BCUT2D eigenvalue weighted by Crippen LogP contribution is 2.31. The average molecular weight is 477 g/mol. The maximum atomic E-state index is 13.2. The first-order valence-electron chi connectivity index (χ1n) is 10.5. The lowest BCUT2D eigenvalue weighted by atomic mass is 10.0. The van der Waals surface area contributed by atoms with Crippen LogP contribution in [0, 0.1) is 0 Å². The minimum Gasteiger partial charge on any atom is -0.467 e. The van der Waals surface area contributed by atoms with E-state index in [1.165, 1.54) is 13.2 Å². The third-order valence-electron chi connectivity index (χ3n) is 5.23. The molecule has 4 rings (SSSR count). The number of rotatable bonds is 7. The molecule has 0 radical (unpaired) electrons. The molecule has 2 N–H and O–H groups in total. The van der Waals surface area contributed by atoms with Crippen molar-refractivity contribution in [3.8, 4) is 5.95 Å². The topological polar surface area (TPSA) is 97.6 Å². The largest absolute Gasteiger partial charge is 0.467 e. The Morgan fingerprint density at radius 3 is 2.32 bits per heavy atom. The van der Waals surface area contributed by atoms with E-state index in [0.717, 1.165) is 5.56 Å². The van der Waals surface area contributed by atoms with E-state index >= 15 is 0 Å². The second-order valence-corrected chi connectivity index (χ2v) is 7.90. The van der Waals surface area contributed by atoms with Gasteiger partial charge < -0.3 is 19.8 Å². The summed E-state index contributed by atoms with van der Waals surface area (Å²) in [5, 5.41) is 6.37. The van der Waals surface area contributed by atoms with Gasteiger partial charge in [0, 0.05) is 23.1 Å². The highest BCUT2D eigenvalue weighted by atomic mass is 35.5. The third kappa shape index (κ3) is 5.10. The summed E-state index contributed by atoms with van der Waals surface area (Å²) in [5.74, 6) is -0.881. The first-order chi connectivity index (χ1) is 16.5. The zero-order chi connectivity index (χ0) is 24.1. The molecule has 1 heterocycles. The number of halogens is 1. The Balaban J connectivity index is 1.60. The van der Waals surface area contributed by atoms with Gasteiger partial charge in [-0.15, -0.1) is 0 Å². The van der Waals surface area contributed by atoms with Gasteiger partial charge in [-0.3, -0.25) is 9.59 Å². The molecular formula is C26H21ClN2O5. The number of carbonyl (C=O) groups is 2. The fourth-order valence-corrected chi connectivity index (χ4v) is 3.81. The van der Waals surface area contributed by atoms with Crippen molar-refractivity contribution >= 4 is 39.9 Å². The molecule has 0 saturated carbocycles. The van der Waals surface area contributed by atoms with Crippen molar-refractivity contribution in [2.24, 2.45) is 0 Å². The Kier molecular flexibility index (Phi) is 6.94. The molecule has 7 nitrogen and oxygen atoms in total. The van der Waals surface area contributed by atoms with Crippen LogP contribution in [0.3, 0.4) is 0 Å². The fraction of sp³-hybridized carbons (Fsp3) is 0.115. The number of benzene rings is 3. The van der Waals surface area contributed by atoms with E-state index in [0.29, 0.717) is 16.6 Å². The minimum absolute atomic E-state index is 0.0810. The third-order valence-corrected chi connectivity index (χ3v) is 5.59. The normalized spacial score (nSPS) is 11.6. The van der Waals surface area contributed by atoms with Gasteiger partial charge in [-0.25, -0.2) is 4.79 Å². The Labute approximate surface area is 200 Å². The predicted molar refractivity (Wildman–Crippen MR) is 131 cm³/mol. The molecule has 0 aliphatic carbocycles. The van der Waals surface area contributed by atoms with Crippen molar-refractivity contribution in [3.63, 3.8) is 0 Å². The van der Waals surface area contributed by atoms with Crippen LogP contribution >= 0.6 is 11.6 Å². The first-order valence-corrected chi connectivity index (χ1v) is 10.8. The van der Waals surface area contributed by atoms with E-state index in [1.807, 2.05) is 36.4 Å². The number of anilines is 1. The summed E-state index contributed by atoms with van der Waals surface area (Å²) in [6.07, 6.45) is 0.282. The summed E-state index contributed by atoms with van der Waals surface area (Å²) in [6, 6.07) is 21.9. The molecule has 34 heavy (non-hydrogen) atoms. The number of nitrogens with one attached hydrogen (secondary N) is 2. The Hall–Kier alpha value is -4.10. The van der Waals surface area contributed by atoms with Gasteiger partial charge >= 0.3 is 11.6 Å². The van der Waals surface area contributed by atoms with Crippen molar-refractivity contribution in [2.45, 2.75) is 12.5 Å². The number of hydrogen-bond donors (Lipinski definition) is 2. The number of ether oxygens (including phenoxy) is 1. The zero-order valence-corrected chi connectivity index (χ0v) is 19.0. The van der Waals surface area contributed by atoms with Gasteiger partial charge in [0.2, 0.25) is 5.91 Å². The van der Waals surface area contributed by atoms with E-state index in [4.69, 9.17) is 20.8 Å². The van der Waals surface area contributed by atoms with Crippen LogP contribution in [-0.2, 0) is 11.2 Å². The van der Waals surface area contributed by atoms with Crippen LogP contribution in [0.5, 0.6) is 5.95 Å². The highest BCUT2D eigenvalue weighted by molar-refractivity contribution is 6.36. The summed E-state index contributed by atoms with van der Waals surface area (Å²) in [4.78, 5) is 38.3. The molecule has 1 atom stereocenters. The van der Waals surface area contributed by atoms with E-state index in [-0.39, 0.29) is 28.7 Å². The van der Waals surface area contributed by atoms with Gasteiger partial charge in [-0.1, -0.05) is 66.2 Å². The maximum Gasteiger partial charge on any atom is 0.346 e. The molecule has 0 aliphatic heterocycles. The van der Waals surface area contributed by atoms with Gasteiger partial charge in [0.25, 0.3) is 5.91 Å². The summed E-state index contributed by atoms with van der Waals surface area (Å²) in [6.45, 7) is 0. The zero-order valence-electron chi connectivity index (χ0n) is 18.2. The Morgan fingerprint density at radius 2 is 1.65 bits per heavy atom. The maximum absolute atomic E-state index is 13.2. The molecule has 0 saturated heterocycles. The van der Waals surface area contributed by atoms with E-state index < -0.39 is 17.6 Å². The van der Waals surface area contributed by atoms with Crippen LogP contribution in [0.4, 0.5) is 5.69 Å². The number of fused-ring (bicyclic) bond motifs is 1. The van der Waals surface area contributed by atoms with Crippen LogP contribution in [0.1, 0.15) is 15.9 Å². The first kappa shape index (κ1) is 23.1. The molecule has 3 aromatic carbocycles. The van der Waals surface area contributed by atoms with Gasteiger partial charge in [0.1, 0.15) is 11.1 Å². The lowest BCUT2D eigenvalue weighted by Crippen LogP contribution is -2.45. The van der Waals surface area contributed by atoms with Crippen LogP contribution in [-0.4, -0.2) is 25.0 Å². The number of methoxy groups -OCH3 is 1. The minimum atomic E-state index is -0.860. The van der Waals surface area contributed by atoms with Crippen LogP contribution in [0.15, 0.2) is 88.1 Å². The number of carbonyl (C=O) groups excluding carboxylic acids is 2. The summed E-state index contributed by atoms with van der Waals surface area (Å²) in [7, 11) is 1.35. The summed E-state index contributed by atoms with van der Waals surface area (Å²) < 4.78 is 10.1. The molecule has 0 fully saturated rings. The van der Waals surface area contributed by atoms with Crippen molar-refractivity contribution < 1.29 is 18.7 Å². The second-order valence-electron chi connectivity index (χ2n) is 7.53. The molecule has 8 heteroatoms. The quantitative estimate of drug-likeness (QED) is 0.411. The molecule has 0 bridgehead atoms. The van der Waals surface area contributed by atoms with Gasteiger partial charge in [0.15, 0.2) is 0 Å². The monoisotopic (exact) mass is 476 g/mol. The second kappa shape index (κ2) is 10.2. The van der Waals surface area contributed by atoms with Gasteiger partial charge in [-0.2, -0.15) is 0 Å². The number of hydrogen-bond acceptors (Lipinski definition) is 5. The standard InChI is InChI=1S/C26H21ClN2O5/c1-33-26-22(27)19-13-12-18(15-20(19)25(32)34-26)28-24(31)21(14-16-8-4-2-5-9-16)29-23(30)17-10-6-3-7-11-17/h2-13,15,21H,14H2,1H3,(H,28,31)(H,29,30)/t21-/m0/s1. The summed E-state index contributed by atoms with van der Waals surface area (Å²) >= 11 is 6.24. The molecule has 0 spiro atoms. The van der Waals surface area contributed by atoms with Crippen molar-refractivity contribution in [3.05, 3.63) is 105 Å². The SMILES string of the molecule is COc1oc(=O)c2cc(NC(=O)[C@H](Cc3ccccc3)NC(=O)c3ccccc3)ccc2c1Cl. The number of amides is 2. The molecule has 2 amide bonds. The Morgan fingerprint density at radius 1 is 0.971 bits per heavy atom. The molecule has 0 unspecified atom stereocenters. The van der Waals surface area contributed by atoms with Crippen LogP contribution < -0.4 is 21.0 Å². The molecule has 4 aromatic rings. The van der Waals surface area contributed by atoms with Crippen LogP contribution in [0.2, 0.25) is 5.02 Å². The van der Waals surface area contributed by atoms with Crippen molar-refractivity contribution in [1.29, 1.82) is 0 Å². The van der Waals surface area contributed by atoms with E-state index in [2.05, 4.69) is 10.6 Å². The Bertz CT molecular complexity index is 1390. The predicted octanol–water partition coefficient (Wildman–Crippen LogP) is 4.43. The van der Waals surface area contributed by atoms with Gasteiger partial charge in [-0.05, 0) is 29.8 Å². The van der Waals surface area contributed by atoms with Crippen molar-refractivity contribution in [2.75, 3.05) is 12.4 Å². The highest BCUT2D eigenvalue weighted by Gasteiger charge is 2.23. The average Bonchev–Trinajstić information content (AvgIpc) is 2.86. The molecular weight excluding hydrogens is 456 g/mol. The fourth-order valence-electron chi connectivity index (χ4n) is 3.53. The van der Waals surface area contributed by atoms with Gasteiger partial charge in [0.05, 0.1) is 12.5 Å². The molecule has 1 aromatic heterocycles. The molecule has 172 valence electrons. The van der Waals surface area contributed by atoms with E-state index in [9.17, 15) is 14.4 Å².